The van der Waals surface area contributed by atoms with Crippen molar-refractivity contribution in [2.45, 2.75) is 24.8 Å². The quantitative estimate of drug-likeness (QED) is 0.518. The minimum atomic E-state index is -5.23. The molecule has 0 saturated heterocycles. The summed E-state index contributed by atoms with van der Waals surface area (Å²) in [5.41, 5.74) is -3.12. The number of ether oxygens (including phenoxy) is 1. The maximum Gasteiger partial charge on any atom is 0.422 e. The number of aromatic nitrogens is 2. The van der Waals surface area contributed by atoms with Gasteiger partial charge in [-0.3, -0.25) is 5.01 Å². The van der Waals surface area contributed by atoms with Gasteiger partial charge in [0.2, 0.25) is 0 Å². The van der Waals surface area contributed by atoms with Gasteiger partial charge in [-0.05, 0) is 31.2 Å². The lowest BCUT2D eigenvalue weighted by molar-refractivity contribution is -0.205. The molecule has 0 fully saturated rings. The molecule has 2 aliphatic rings. The molecule has 0 spiro atoms. The average Bonchev–Trinajstić information content (AvgIpc) is 3.29. The van der Waals surface area contributed by atoms with Crippen molar-refractivity contribution >= 4 is 34.3 Å². The third kappa shape index (κ3) is 3.25. The number of halogens is 7. The molecule has 0 radical (unpaired) electrons. The molecule has 0 amide bonds. The third-order valence-corrected chi connectivity index (χ3v) is 5.18. The fraction of sp³-hybridized carbons (Fsp3) is 0.263. The Labute approximate surface area is 181 Å². The summed E-state index contributed by atoms with van der Waals surface area (Å²) in [6.45, 7) is 0.940. The number of fused-ring (bicyclic) bond motifs is 2. The maximum absolute atomic E-state index is 14.0. The van der Waals surface area contributed by atoms with Crippen LogP contribution in [-0.4, -0.2) is 45.3 Å². The lowest BCUT2D eigenvalue weighted by Gasteiger charge is -2.34. The van der Waals surface area contributed by atoms with Crippen molar-refractivity contribution in [2.24, 2.45) is 0 Å². The first-order valence-corrected chi connectivity index (χ1v) is 9.45. The minimum Gasteiger partial charge on any atom is -0.464 e. The molecular weight excluding hydrogens is 466 g/mol. The van der Waals surface area contributed by atoms with Crippen LogP contribution in [0.4, 0.5) is 26.3 Å². The Bertz CT molecular complexity index is 1200. The highest BCUT2D eigenvalue weighted by Crippen LogP contribution is 2.45. The standard InChI is InChI=1S/C19H13ClF6N4O2/c1-2-32-16(31)17(19(24,25)26)8-11-6-7-12(18(21,22)23)15(29(11)28-17)30-14-10(9-27-30)4-3-5-13(14)20/h3-9,28H,2H2,1H3. The van der Waals surface area contributed by atoms with E-state index in [0.717, 1.165) is 10.8 Å². The number of nitrogens with zero attached hydrogens (tertiary/aromatic N) is 3. The van der Waals surface area contributed by atoms with Crippen LogP contribution < -0.4 is 5.43 Å². The molecule has 0 saturated carbocycles. The van der Waals surface area contributed by atoms with E-state index >= 15 is 0 Å². The van der Waals surface area contributed by atoms with Crippen LogP contribution in [0.25, 0.3) is 16.7 Å². The molecule has 1 N–H and O–H groups in total. The fourth-order valence-corrected chi connectivity index (χ4v) is 3.72. The van der Waals surface area contributed by atoms with Gasteiger partial charge in [0.05, 0.1) is 34.6 Å². The number of benzene rings is 1. The van der Waals surface area contributed by atoms with Gasteiger partial charge in [-0.1, -0.05) is 23.7 Å². The Morgan fingerprint density at radius 1 is 1.22 bits per heavy atom. The van der Waals surface area contributed by atoms with Crippen LogP contribution in [0.15, 0.2) is 53.9 Å². The topological polar surface area (TPSA) is 59.4 Å². The van der Waals surface area contributed by atoms with Crippen LogP contribution in [0.2, 0.25) is 5.02 Å². The second-order valence-electron chi connectivity index (χ2n) is 6.85. The van der Waals surface area contributed by atoms with Gasteiger partial charge in [-0.25, -0.2) is 9.48 Å². The summed E-state index contributed by atoms with van der Waals surface area (Å²) < 4.78 is 89.0. The third-order valence-electron chi connectivity index (χ3n) is 4.88. The van der Waals surface area contributed by atoms with E-state index < -0.39 is 35.3 Å². The van der Waals surface area contributed by atoms with Crippen molar-refractivity contribution in [2.75, 3.05) is 6.61 Å². The van der Waals surface area contributed by atoms with Crippen molar-refractivity contribution in [1.29, 1.82) is 0 Å². The maximum atomic E-state index is 14.0. The average molecular weight is 479 g/mol. The molecule has 170 valence electrons. The van der Waals surface area contributed by atoms with Crippen molar-refractivity contribution in [1.82, 2.24) is 20.2 Å². The number of alkyl halides is 6. The number of allylic oxidation sites excluding steroid dienone is 3. The van der Waals surface area contributed by atoms with Crippen LogP contribution in [-0.2, 0) is 9.53 Å². The predicted molar refractivity (Wildman–Crippen MR) is 102 cm³/mol. The zero-order valence-corrected chi connectivity index (χ0v) is 16.8. The van der Waals surface area contributed by atoms with Gasteiger partial charge in [0.15, 0.2) is 5.82 Å². The Hall–Kier alpha value is -2.99. The fourth-order valence-electron chi connectivity index (χ4n) is 3.46. The number of para-hydroxylation sites is 1. The highest BCUT2D eigenvalue weighted by atomic mass is 35.5. The van der Waals surface area contributed by atoms with Gasteiger partial charge in [0, 0.05) is 5.39 Å². The van der Waals surface area contributed by atoms with E-state index in [1.54, 1.807) is 6.07 Å². The number of hydrazine groups is 1. The van der Waals surface area contributed by atoms with Gasteiger partial charge in [-0.2, -0.15) is 36.9 Å². The molecular formula is C19H13ClF6N4O2. The molecule has 32 heavy (non-hydrogen) atoms. The number of carbonyl (C=O) groups is 1. The van der Waals surface area contributed by atoms with Crippen molar-refractivity contribution in [3.63, 3.8) is 0 Å². The van der Waals surface area contributed by atoms with Crippen LogP contribution in [0.3, 0.4) is 0 Å². The second kappa shape index (κ2) is 7.27. The number of carbonyl (C=O) groups excluding carboxylic acids is 1. The summed E-state index contributed by atoms with van der Waals surface area (Å²) in [5.74, 6) is -2.51. The van der Waals surface area contributed by atoms with E-state index in [4.69, 9.17) is 11.6 Å². The predicted octanol–water partition coefficient (Wildman–Crippen LogP) is 4.56. The van der Waals surface area contributed by atoms with Gasteiger partial charge in [0.1, 0.15) is 0 Å². The van der Waals surface area contributed by atoms with Crippen LogP contribution in [0, 0.1) is 0 Å². The first kappa shape index (κ1) is 22.2. The number of nitrogens with one attached hydrogen (secondary N) is 1. The smallest absolute Gasteiger partial charge is 0.422 e. The van der Waals surface area contributed by atoms with E-state index in [-0.39, 0.29) is 22.8 Å². The number of esters is 1. The van der Waals surface area contributed by atoms with Crippen LogP contribution in [0.5, 0.6) is 0 Å². The Morgan fingerprint density at radius 3 is 2.56 bits per heavy atom. The summed E-state index contributed by atoms with van der Waals surface area (Å²) in [7, 11) is 0. The molecule has 3 heterocycles. The molecule has 1 atom stereocenters. The molecule has 1 aromatic heterocycles. The van der Waals surface area contributed by atoms with E-state index in [1.807, 2.05) is 5.43 Å². The van der Waals surface area contributed by atoms with E-state index in [0.29, 0.717) is 22.5 Å². The number of hydrogen-bond acceptors (Lipinski definition) is 5. The molecule has 6 nitrogen and oxygen atoms in total. The minimum absolute atomic E-state index is 0.0285. The molecule has 2 aliphatic heterocycles. The lowest BCUT2D eigenvalue weighted by Crippen LogP contribution is -2.62. The van der Waals surface area contributed by atoms with E-state index in [1.165, 1.54) is 25.3 Å². The summed E-state index contributed by atoms with van der Waals surface area (Å²) in [6.07, 6.45) is -7.07. The normalized spacial score (nSPS) is 21.2. The second-order valence-corrected chi connectivity index (χ2v) is 7.25. The largest absolute Gasteiger partial charge is 0.464 e. The van der Waals surface area contributed by atoms with E-state index in [9.17, 15) is 31.1 Å². The first-order valence-electron chi connectivity index (χ1n) is 9.07. The van der Waals surface area contributed by atoms with E-state index in [2.05, 4.69) is 9.84 Å². The number of rotatable bonds is 3. The van der Waals surface area contributed by atoms with Gasteiger partial charge >= 0.3 is 18.3 Å². The van der Waals surface area contributed by atoms with Crippen molar-refractivity contribution in [3.05, 3.63) is 58.9 Å². The molecule has 0 bridgehead atoms. The molecule has 0 aliphatic carbocycles. The molecule has 4 rings (SSSR count). The monoisotopic (exact) mass is 478 g/mol. The lowest BCUT2D eigenvalue weighted by atomic mass is 9.99. The Balaban J connectivity index is 1.96. The van der Waals surface area contributed by atoms with Crippen LogP contribution in [0.1, 0.15) is 6.92 Å². The zero-order valence-electron chi connectivity index (χ0n) is 16.1. The Kier molecular flexibility index (Phi) is 5.05. The highest BCUT2D eigenvalue weighted by Gasteiger charge is 2.65. The molecule has 2 aromatic rings. The van der Waals surface area contributed by atoms with Crippen molar-refractivity contribution in [3.8, 4) is 0 Å². The molecule has 1 unspecified atom stereocenters. The zero-order chi connectivity index (χ0) is 23.5. The molecule has 1 aromatic carbocycles. The summed E-state index contributed by atoms with van der Waals surface area (Å²) in [5, 5.41) is 4.83. The van der Waals surface area contributed by atoms with Gasteiger partial charge in [-0.15, -0.1) is 0 Å². The van der Waals surface area contributed by atoms with Gasteiger partial charge < -0.3 is 4.74 Å². The molecule has 13 heteroatoms. The van der Waals surface area contributed by atoms with Crippen molar-refractivity contribution < 1.29 is 35.9 Å². The summed E-state index contributed by atoms with van der Waals surface area (Å²) >= 11 is 6.16. The van der Waals surface area contributed by atoms with Crippen LogP contribution >= 0.6 is 11.6 Å². The van der Waals surface area contributed by atoms with Gasteiger partial charge in [0.25, 0.3) is 5.54 Å². The first-order chi connectivity index (χ1) is 14.9. The Morgan fingerprint density at radius 2 is 1.94 bits per heavy atom. The summed E-state index contributed by atoms with van der Waals surface area (Å²) in [6, 6.07) is 4.48. The SMILES string of the molecule is CCOC(=O)C1(C(F)(F)F)C=C2C=CC(C(F)(F)F)=C(n3ncc4cccc(Cl)c43)N2N1. The number of hydrogen-bond donors (Lipinski definition) is 1. The summed E-state index contributed by atoms with van der Waals surface area (Å²) in [4.78, 5) is 12.3. The highest BCUT2D eigenvalue weighted by molar-refractivity contribution is 6.35.